The molecular formula is C23H30N2O4S. The van der Waals surface area contributed by atoms with Gasteiger partial charge in [0.05, 0.1) is 18.9 Å². The van der Waals surface area contributed by atoms with Gasteiger partial charge in [0.15, 0.2) is 0 Å². The Morgan fingerprint density at radius 3 is 2.57 bits per heavy atom. The molecule has 30 heavy (non-hydrogen) atoms. The number of hydrogen-bond acceptors (Lipinski definition) is 4. The summed E-state index contributed by atoms with van der Waals surface area (Å²) in [6.45, 7) is 2.89. The second-order valence-corrected chi connectivity index (χ2v) is 9.56. The van der Waals surface area contributed by atoms with Gasteiger partial charge in [-0.05, 0) is 36.0 Å². The Bertz CT molecular complexity index is 947. The molecule has 2 aromatic carbocycles. The Morgan fingerprint density at radius 1 is 1.13 bits per heavy atom. The molecule has 2 atom stereocenters. The third-order valence-corrected chi connectivity index (χ3v) is 6.08. The highest BCUT2D eigenvalue weighted by Gasteiger charge is 2.39. The lowest BCUT2D eigenvalue weighted by Gasteiger charge is -2.28. The van der Waals surface area contributed by atoms with Gasteiger partial charge in [-0.3, -0.25) is 0 Å². The minimum atomic E-state index is -3.38. The second kappa shape index (κ2) is 10.1. The van der Waals surface area contributed by atoms with E-state index in [0.29, 0.717) is 26.0 Å². The van der Waals surface area contributed by atoms with E-state index in [1.807, 2.05) is 37.3 Å². The van der Waals surface area contributed by atoms with Crippen LogP contribution in [0.5, 0.6) is 0 Å². The van der Waals surface area contributed by atoms with E-state index in [1.54, 1.807) is 4.90 Å². The van der Waals surface area contributed by atoms with Crippen LogP contribution in [0.1, 0.15) is 31.7 Å². The largest absolute Gasteiger partial charge is 0.449 e. The molecule has 1 aliphatic rings. The van der Waals surface area contributed by atoms with Gasteiger partial charge in [-0.25, -0.2) is 17.9 Å². The molecular weight excluding hydrogens is 400 g/mol. The van der Waals surface area contributed by atoms with E-state index < -0.39 is 10.0 Å². The zero-order chi connectivity index (χ0) is 21.6. The third kappa shape index (κ3) is 6.06. The molecule has 0 aliphatic carbocycles. The van der Waals surface area contributed by atoms with Gasteiger partial charge in [-0.15, -0.1) is 0 Å². The predicted octanol–water partition coefficient (Wildman–Crippen LogP) is 3.82. The summed E-state index contributed by atoms with van der Waals surface area (Å²) in [4.78, 5) is 14.3. The van der Waals surface area contributed by atoms with Crippen LogP contribution in [0.3, 0.4) is 0 Å². The van der Waals surface area contributed by atoms with Crippen molar-refractivity contribution in [1.82, 2.24) is 9.62 Å². The number of carbonyl (C=O) groups is 1. The second-order valence-electron chi connectivity index (χ2n) is 7.78. The number of ether oxygens (including phenoxy) is 1. The predicted molar refractivity (Wildman–Crippen MR) is 119 cm³/mol. The van der Waals surface area contributed by atoms with Crippen LogP contribution in [-0.4, -0.2) is 50.9 Å². The van der Waals surface area contributed by atoms with Crippen molar-refractivity contribution in [2.24, 2.45) is 0 Å². The standard InChI is InChI=1S/C23H30N2O4S/c1-3-4-15-29-23(26)25-14-13-21(24-30(2,27)28)22(25)17-18-9-8-12-20(16-18)19-10-6-5-7-11-19/h5-12,16,21-22,24H,3-4,13-15,17H2,1-2H3. The molecule has 1 saturated heterocycles. The lowest BCUT2D eigenvalue weighted by Crippen LogP contribution is -2.47. The Kier molecular flexibility index (Phi) is 7.50. The maximum Gasteiger partial charge on any atom is 0.410 e. The molecule has 1 N–H and O–H groups in total. The monoisotopic (exact) mass is 430 g/mol. The minimum absolute atomic E-state index is 0.292. The van der Waals surface area contributed by atoms with Crippen LogP contribution in [0.15, 0.2) is 54.6 Å². The first-order valence-corrected chi connectivity index (χ1v) is 12.3. The normalized spacial score (nSPS) is 19.1. The van der Waals surface area contributed by atoms with Crippen molar-refractivity contribution < 1.29 is 17.9 Å². The fourth-order valence-corrected chi connectivity index (χ4v) is 4.71. The molecule has 0 radical (unpaired) electrons. The topological polar surface area (TPSA) is 75.7 Å². The molecule has 162 valence electrons. The number of rotatable bonds is 8. The Labute approximate surface area is 179 Å². The number of benzene rings is 2. The van der Waals surface area contributed by atoms with Gasteiger partial charge in [0.1, 0.15) is 0 Å². The van der Waals surface area contributed by atoms with Crippen LogP contribution in [0.4, 0.5) is 4.79 Å². The Morgan fingerprint density at radius 2 is 1.87 bits per heavy atom. The molecule has 0 spiro atoms. The highest BCUT2D eigenvalue weighted by Crippen LogP contribution is 2.26. The van der Waals surface area contributed by atoms with Crippen molar-refractivity contribution in [2.45, 2.75) is 44.7 Å². The molecule has 1 fully saturated rings. The highest BCUT2D eigenvalue weighted by atomic mass is 32.2. The lowest BCUT2D eigenvalue weighted by atomic mass is 9.97. The molecule has 0 saturated carbocycles. The quantitative estimate of drug-likeness (QED) is 0.646. The average Bonchev–Trinajstić information content (AvgIpc) is 3.09. The lowest BCUT2D eigenvalue weighted by molar-refractivity contribution is 0.0951. The molecule has 1 heterocycles. The SMILES string of the molecule is CCCCOC(=O)N1CCC(NS(C)(=O)=O)C1Cc1cccc(-c2ccccc2)c1. The number of sulfonamides is 1. The first-order chi connectivity index (χ1) is 14.4. The number of nitrogens with zero attached hydrogens (tertiary/aromatic N) is 1. The summed E-state index contributed by atoms with van der Waals surface area (Å²) in [5, 5.41) is 0. The average molecular weight is 431 g/mol. The fraction of sp³-hybridized carbons (Fsp3) is 0.435. The maximum atomic E-state index is 12.6. The number of amides is 1. The van der Waals surface area contributed by atoms with Crippen LogP contribution in [0.2, 0.25) is 0 Å². The van der Waals surface area contributed by atoms with E-state index in [1.165, 1.54) is 0 Å². The van der Waals surface area contributed by atoms with Crippen molar-refractivity contribution in [2.75, 3.05) is 19.4 Å². The molecule has 7 heteroatoms. The van der Waals surface area contributed by atoms with Crippen molar-refractivity contribution in [3.8, 4) is 11.1 Å². The van der Waals surface area contributed by atoms with E-state index in [9.17, 15) is 13.2 Å². The number of hydrogen-bond donors (Lipinski definition) is 1. The number of nitrogens with one attached hydrogen (secondary N) is 1. The first kappa shape index (κ1) is 22.3. The van der Waals surface area contributed by atoms with Crippen LogP contribution < -0.4 is 4.72 Å². The highest BCUT2D eigenvalue weighted by molar-refractivity contribution is 7.88. The summed E-state index contributed by atoms with van der Waals surface area (Å²) >= 11 is 0. The molecule has 2 unspecified atom stereocenters. The van der Waals surface area contributed by atoms with E-state index in [-0.39, 0.29) is 18.2 Å². The maximum absolute atomic E-state index is 12.6. The first-order valence-electron chi connectivity index (χ1n) is 10.4. The summed E-state index contributed by atoms with van der Waals surface area (Å²) in [5.41, 5.74) is 3.26. The molecule has 1 aliphatic heterocycles. The van der Waals surface area contributed by atoms with Gasteiger partial charge in [-0.2, -0.15) is 0 Å². The molecule has 3 rings (SSSR count). The summed E-state index contributed by atoms with van der Waals surface area (Å²) in [7, 11) is -3.38. The molecule has 2 aromatic rings. The zero-order valence-corrected chi connectivity index (χ0v) is 18.4. The summed E-state index contributed by atoms with van der Waals surface area (Å²) in [5.74, 6) is 0. The molecule has 6 nitrogen and oxygen atoms in total. The molecule has 0 aromatic heterocycles. The van der Waals surface area contributed by atoms with E-state index in [4.69, 9.17) is 4.74 Å². The third-order valence-electron chi connectivity index (χ3n) is 5.35. The molecule has 0 bridgehead atoms. The van der Waals surface area contributed by atoms with Crippen LogP contribution >= 0.6 is 0 Å². The summed E-state index contributed by atoms with van der Waals surface area (Å²) in [6, 6.07) is 17.6. The van der Waals surface area contributed by atoms with Gasteiger partial charge < -0.3 is 9.64 Å². The number of carbonyl (C=O) groups excluding carboxylic acids is 1. The van der Waals surface area contributed by atoms with E-state index >= 15 is 0 Å². The van der Waals surface area contributed by atoms with Crippen LogP contribution in [0.25, 0.3) is 11.1 Å². The van der Waals surface area contributed by atoms with Gasteiger partial charge in [-0.1, -0.05) is 67.9 Å². The Balaban J connectivity index is 1.81. The number of unbranched alkanes of at least 4 members (excludes halogenated alkanes) is 1. The van der Waals surface area contributed by atoms with Crippen LogP contribution in [0, 0.1) is 0 Å². The van der Waals surface area contributed by atoms with Crippen molar-refractivity contribution in [3.63, 3.8) is 0 Å². The van der Waals surface area contributed by atoms with E-state index in [0.717, 1.165) is 35.8 Å². The van der Waals surface area contributed by atoms with Gasteiger partial charge >= 0.3 is 6.09 Å². The van der Waals surface area contributed by atoms with Crippen molar-refractivity contribution in [1.29, 1.82) is 0 Å². The minimum Gasteiger partial charge on any atom is -0.449 e. The Hall–Kier alpha value is -2.38. The van der Waals surface area contributed by atoms with Gasteiger partial charge in [0.2, 0.25) is 10.0 Å². The summed E-state index contributed by atoms with van der Waals surface area (Å²) in [6.07, 6.45) is 3.67. The van der Waals surface area contributed by atoms with Crippen LogP contribution in [-0.2, 0) is 21.2 Å². The fourth-order valence-electron chi connectivity index (χ4n) is 3.88. The van der Waals surface area contributed by atoms with Gasteiger partial charge in [0, 0.05) is 12.6 Å². The van der Waals surface area contributed by atoms with Gasteiger partial charge in [0.25, 0.3) is 0 Å². The van der Waals surface area contributed by atoms with Crippen molar-refractivity contribution >= 4 is 16.1 Å². The van der Waals surface area contributed by atoms with Crippen molar-refractivity contribution in [3.05, 3.63) is 60.2 Å². The summed E-state index contributed by atoms with van der Waals surface area (Å²) < 4.78 is 31.9. The zero-order valence-electron chi connectivity index (χ0n) is 17.6. The van der Waals surface area contributed by atoms with E-state index in [2.05, 4.69) is 29.0 Å². The molecule has 1 amide bonds. The number of likely N-dealkylation sites (tertiary alicyclic amines) is 1. The smallest absolute Gasteiger partial charge is 0.410 e.